The molecule has 0 radical (unpaired) electrons. The first-order valence-corrected chi connectivity index (χ1v) is 8.18. The van der Waals surface area contributed by atoms with Gasteiger partial charge in [0.05, 0.1) is 19.8 Å². The van der Waals surface area contributed by atoms with E-state index < -0.39 is 23.7 Å². The molecule has 7 heteroatoms. The topological polar surface area (TPSA) is 66.0 Å². The lowest BCUT2D eigenvalue weighted by Crippen LogP contribution is -2.68. The Morgan fingerprint density at radius 2 is 1.80 bits per heavy atom. The summed E-state index contributed by atoms with van der Waals surface area (Å²) in [6.07, 6.45) is -0.497. The van der Waals surface area contributed by atoms with Crippen LogP contribution in [0.4, 0.5) is 4.79 Å². The van der Waals surface area contributed by atoms with Gasteiger partial charge in [-0.15, -0.1) is 0 Å². The molecule has 3 aliphatic heterocycles. The van der Waals surface area contributed by atoms with Crippen LogP contribution in [0.25, 0.3) is 0 Å². The van der Waals surface area contributed by atoms with E-state index in [4.69, 9.17) is 18.9 Å². The van der Waals surface area contributed by atoms with Crippen LogP contribution in [-0.4, -0.2) is 48.0 Å². The van der Waals surface area contributed by atoms with Gasteiger partial charge in [-0.1, -0.05) is 29.5 Å². The highest BCUT2D eigenvalue weighted by molar-refractivity contribution is 14.1. The third-order valence-corrected chi connectivity index (χ3v) is 4.02. The maximum atomic E-state index is 11.9. The standard InChI is InChI=1S/C13H22INO5/c1-11(2,3)20-10(16)15-9(5-14)13-17-6-12(4,7-18-13)8-19-13/h9H,5-8H2,1-4H3,(H,15,16)/t9-,12?,13?/m0/s1. The molecule has 116 valence electrons. The van der Waals surface area contributed by atoms with Crippen LogP contribution in [0.1, 0.15) is 27.7 Å². The Bertz CT molecular complexity index is 357. The number of carbonyl (C=O) groups excluding carboxylic acids is 1. The minimum atomic E-state index is -1.18. The Labute approximate surface area is 133 Å². The molecule has 1 N–H and O–H groups in total. The Balaban J connectivity index is 2.00. The Morgan fingerprint density at radius 1 is 1.30 bits per heavy atom. The highest BCUT2D eigenvalue weighted by Gasteiger charge is 2.55. The smallest absolute Gasteiger partial charge is 0.408 e. The summed E-state index contributed by atoms with van der Waals surface area (Å²) in [6.45, 7) is 9.21. The van der Waals surface area contributed by atoms with Crippen molar-refractivity contribution in [2.75, 3.05) is 24.2 Å². The predicted molar refractivity (Wildman–Crippen MR) is 80.7 cm³/mol. The first-order valence-electron chi connectivity index (χ1n) is 6.65. The molecule has 0 saturated carbocycles. The number of nitrogens with one attached hydrogen (secondary N) is 1. The maximum absolute atomic E-state index is 11.9. The largest absolute Gasteiger partial charge is 0.444 e. The molecule has 0 spiro atoms. The van der Waals surface area contributed by atoms with Crippen molar-refractivity contribution in [2.24, 2.45) is 5.41 Å². The van der Waals surface area contributed by atoms with E-state index in [0.29, 0.717) is 24.2 Å². The third kappa shape index (κ3) is 3.55. The molecule has 0 aliphatic carbocycles. The van der Waals surface area contributed by atoms with Gasteiger partial charge in [0, 0.05) is 9.84 Å². The van der Waals surface area contributed by atoms with E-state index in [1.807, 2.05) is 20.8 Å². The zero-order chi connectivity index (χ0) is 15.0. The average Bonchev–Trinajstić information content (AvgIpc) is 2.35. The van der Waals surface area contributed by atoms with Gasteiger partial charge in [0.25, 0.3) is 0 Å². The van der Waals surface area contributed by atoms with E-state index in [2.05, 4.69) is 34.8 Å². The van der Waals surface area contributed by atoms with Crippen molar-refractivity contribution >= 4 is 28.7 Å². The predicted octanol–water partition coefficient (Wildman–Crippen LogP) is 2.05. The van der Waals surface area contributed by atoms with Gasteiger partial charge in [0.2, 0.25) is 0 Å². The molecule has 6 nitrogen and oxygen atoms in total. The first-order chi connectivity index (χ1) is 9.18. The highest BCUT2D eigenvalue weighted by Crippen LogP contribution is 2.40. The molecule has 0 unspecified atom stereocenters. The highest BCUT2D eigenvalue weighted by atomic mass is 127. The second-order valence-electron chi connectivity index (χ2n) is 6.63. The fraction of sp³-hybridized carbons (Fsp3) is 0.923. The summed E-state index contributed by atoms with van der Waals surface area (Å²) in [4.78, 5) is 11.9. The first kappa shape index (κ1) is 16.3. The molecule has 3 heterocycles. The van der Waals surface area contributed by atoms with Crippen LogP contribution < -0.4 is 5.32 Å². The minimum absolute atomic E-state index is 0.0938. The second-order valence-corrected chi connectivity index (χ2v) is 7.51. The molecule has 1 atom stereocenters. The SMILES string of the molecule is CC12COC([C@H](CI)NC(=O)OC(C)(C)C)(OC1)OC2. The van der Waals surface area contributed by atoms with Gasteiger partial charge in [-0.3, -0.25) is 0 Å². The fourth-order valence-electron chi connectivity index (χ4n) is 2.05. The summed E-state index contributed by atoms with van der Waals surface area (Å²) in [6, 6.07) is -0.414. The molecule has 3 aliphatic rings. The van der Waals surface area contributed by atoms with Crippen molar-refractivity contribution in [3.63, 3.8) is 0 Å². The van der Waals surface area contributed by atoms with Gasteiger partial charge >= 0.3 is 12.1 Å². The summed E-state index contributed by atoms with van der Waals surface area (Å²) < 4.78 is 23.1. The number of hydrogen-bond donors (Lipinski definition) is 1. The van der Waals surface area contributed by atoms with Gasteiger partial charge in [0.1, 0.15) is 11.6 Å². The minimum Gasteiger partial charge on any atom is -0.444 e. The molecule has 3 fully saturated rings. The van der Waals surface area contributed by atoms with Crippen LogP contribution in [0.2, 0.25) is 0 Å². The summed E-state index contributed by atoms with van der Waals surface area (Å²) in [5.41, 5.74) is -0.638. The van der Waals surface area contributed by atoms with Crippen LogP contribution in [0.5, 0.6) is 0 Å². The lowest BCUT2D eigenvalue weighted by Gasteiger charge is -2.52. The lowest BCUT2D eigenvalue weighted by molar-refractivity contribution is -0.471. The molecule has 0 aromatic heterocycles. The second kappa shape index (κ2) is 5.58. The van der Waals surface area contributed by atoms with Crippen molar-refractivity contribution in [3.05, 3.63) is 0 Å². The van der Waals surface area contributed by atoms with Gasteiger partial charge in [-0.05, 0) is 20.8 Å². The Morgan fingerprint density at radius 3 is 2.20 bits per heavy atom. The van der Waals surface area contributed by atoms with Gasteiger partial charge in [-0.2, -0.15) is 0 Å². The molecule has 3 rings (SSSR count). The maximum Gasteiger partial charge on any atom is 0.408 e. The van der Waals surface area contributed by atoms with Crippen molar-refractivity contribution in [1.82, 2.24) is 5.32 Å². The van der Waals surface area contributed by atoms with Gasteiger partial charge < -0.3 is 24.3 Å². The number of alkyl halides is 1. The summed E-state index contributed by atoms with van der Waals surface area (Å²) in [5, 5.41) is 2.78. The number of ether oxygens (including phenoxy) is 4. The molecular formula is C13H22INO5. The lowest BCUT2D eigenvalue weighted by atomic mass is 9.91. The number of fused-ring (bicyclic) bond motifs is 3. The normalized spacial score (nSPS) is 34.6. The number of carbonyl (C=O) groups is 1. The summed E-state index contributed by atoms with van der Waals surface area (Å²) >= 11 is 2.17. The zero-order valence-electron chi connectivity index (χ0n) is 12.3. The molecule has 0 aromatic carbocycles. The van der Waals surface area contributed by atoms with Crippen LogP contribution in [0.3, 0.4) is 0 Å². The number of hydrogen-bond acceptors (Lipinski definition) is 5. The van der Waals surface area contributed by atoms with Crippen molar-refractivity contribution in [1.29, 1.82) is 0 Å². The van der Waals surface area contributed by atoms with Gasteiger partial charge in [0.15, 0.2) is 0 Å². The van der Waals surface area contributed by atoms with Crippen LogP contribution in [0.15, 0.2) is 0 Å². The van der Waals surface area contributed by atoms with Gasteiger partial charge in [-0.25, -0.2) is 4.79 Å². The van der Waals surface area contributed by atoms with Crippen molar-refractivity contribution < 1.29 is 23.7 Å². The van der Waals surface area contributed by atoms with Crippen molar-refractivity contribution in [3.8, 4) is 0 Å². The summed E-state index contributed by atoms with van der Waals surface area (Å²) in [5.74, 6) is -1.18. The molecule has 1 amide bonds. The third-order valence-electron chi connectivity index (χ3n) is 3.14. The fourth-order valence-corrected chi connectivity index (χ4v) is 2.81. The summed E-state index contributed by atoms with van der Waals surface area (Å²) in [7, 11) is 0. The van der Waals surface area contributed by atoms with Crippen LogP contribution in [-0.2, 0) is 18.9 Å². The van der Waals surface area contributed by atoms with E-state index in [1.54, 1.807) is 0 Å². The monoisotopic (exact) mass is 399 g/mol. The molecule has 2 bridgehead atoms. The van der Waals surface area contributed by atoms with Crippen LogP contribution >= 0.6 is 22.6 Å². The Kier molecular flexibility index (Phi) is 4.54. The number of amides is 1. The average molecular weight is 399 g/mol. The van der Waals surface area contributed by atoms with Crippen molar-refractivity contribution in [2.45, 2.75) is 45.3 Å². The molecule has 20 heavy (non-hydrogen) atoms. The number of rotatable bonds is 3. The van der Waals surface area contributed by atoms with E-state index in [1.165, 1.54) is 0 Å². The number of halogens is 1. The van der Waals surface area contributed by atoms with E-state index in [-0.39, 0.29) is 5.41 Å². The molecule has 0 aromatic rings. The molecule has 3 saturated heterocycles. The van der Waals surface area contributed by atoms with Crippen LogP contribution in [0, 0.1) is 5.41 Å². The van der Waals surface area contributed by atoms with E-state index in [9.17, 15) is 4.79 Å². The Hall–Kier alpha value is -0.120. The molecular weight excluding hydrogens is 377 g/mol. The zero-order valence-corrected chi connectivity index (χ0v) is 14.5. The quantitative estimate of drug-likeness (QED) is 0.582. The van der Waals surface area contributed by atoms with E-state index in [0.717, 1.165) is 0 Å². The number of alkyl carbamates (subject to hydrolysis) is 1. The van der Waals surface area contributed by atoms with E-state index >= 15 is 0 Å².